The van der Waals surface area contributed by atoms with Crippen LogP contribution in [0.15, 0.2) is 30.3 Å². The molecule has 3 rings (SSSR count). The maximum absolute atomic E-state index is 13.0. The molecule has 6 nitrogen and oxygen atoms in total. The maximum Gasteiger partial charge on any atom is 0.325 e. The fourth-order valence-corrected chi connectivity index (χ4v) is 4.17. The zero-order chi connectivity index (χ0) is 18.9. The average Bonchev–Trinajstić information content (AvgIpc) is 2.83. The smallest absolute Gasteiger partial charge is 0.323 e. The lowest BCUT2D eigenvalue weighted by Gasteiger charge is -2.37. The van der Waals surface area contributed by atoms with E-state index in [9.17, 15) is 14.4 Å². The van der Waals surface area contributed by atoms with Gasteiger partial charge in [-0.15, -0.1) is 0 Å². The fourth-order valence-electron chi connectivity index (χ4n) is 4.17. The van der Waals surface area contributed by atoms with Crippen LogP contribution < -0.4 is 10.2 Å². The number of hydrogen-bond donors (Lipinski definition) is 1. The molecule has 6 heteroatoms. The molecule has 1 N–H and O–H groups in total. The van der Waals surface area contributed by atoms with Crippen molar-refractivity contribution >= 4 is 23.5 Å². The van der Waals surface area contributed by atoms with Gasteiger partial charge in [0.2, 0.25) is 5.91 Å². The van der Waals surface area contributed by atoms with Crippen molar-refractivity contribution in [2.24, 2.45) is 5.92 Å². The standard InChI is InChI=1S/C20H27N3O3/c1-14(2)23(16-10-5-4-6-11-16)17(24)13-22-18(25)20(21-19(22)26)12-8-7-9-15(20)3/h4-6,10-11,14-15H,7-9,12-13H2,1-3H3,(H,21,26)/t15-,20-/m0/s1. The maximum atomic E-state index is 13.0. The molecule has 0 bridgehead atoms. The summed E-state index contributed by atoms with van der Waals surface area (Å²) >= 11 is 0. The quantitative estimate of drug-likeness (QED) is 0.843. The summed E-state index contributed by atoms with van der Waals surface area (Å²) in [5.41, 5.74) is -0.0642. The summed E-state index contributed by atoms with van der Waals surface area (Å²) in [5, 5.41) is 2.90. The average molecular weight is 357 g/mol. The van der Waals surface area contributed by atoms with Crippen LogP contribution in [0.25, 0.3) is 0 Å². The summed E-state index contributed by atoms with van der Waals surface area (Å²) in [4.78, 5) is 41.2. The van der Waals surface area contributed by atoms with Gasteiger partial charge < -0.3 is 10.2 Å². The van der Waals surface area contributed by atoms with Crippen molar-refractivity contribution in [3.05, 3.63) is 30.3 Å². The molecule has 1 heterocycles. The van der Waals surface area contributed by atoms with E-state index in [1.54, 1.807) is 4.90 Å². The van der Waals surface area contributed by atoms with Gasteiger partial charge in [-0.05, 0) is 44.7 Å². The van der Waals surface area contributed by atoms with Gasteiger partial charge in [0.15, 0.2) is 0 Å². The van der Waals surface area contributed by atoms with Crippen LogP contribution in [0.1, 0.15) is 46.5 Å². The Bertz CT molecular complexity index is 704. The van der Waals surface area contributed by atoms with Crippen molar-refractivity contribution in [2.75, 3.05) is 11.4 Å². The van der Waals surface area contributed by atoms with Gasteiger partial charge >= 0.3 is 6.03 Å². The molecular formula is C20H27N3O3. The number of amides is 4. The van der Waals surface area contributed by atoms with E-state index in [4.69, 9.17) is 0 Å². The molecule has 2 aliphatic rings. The topological polar surface area (TPSA) is 69.7 Å². The molecule has 0 radical (unpaired) electrons. The minimum atomic E-state index is -0.828. The van der Waals surface area contributed by atoms with Crippen LogP contribution in [0.3, 0.4) is 0 Å². The molecule has 1 saturated heterocycles. The van der Waals surface area contributed by atoms with Crippen LogP contribution in [0.4, 0.5) is 10.5 Å². The van der Waals surface area contributed by atoms with E-state index in [2.05, 4.69) is 5.32 Å². The van der Waals surface area contributed by atoms with E-state index in [0.717, 1.165) is 29.8 Å². The number of anilines is 1. The second kappa shape index (κ2) is 7.09. The van der Waals surface area contributed by atoms with Gasteiger partial charge in [0.25, 0.3) is 5.91 Å². The highest BCUT2D eigenvalue weighted by molar-refractivity contribution is 6.10. The first-order chi connectivity index (χ1) is 12.4. The van der Waals surface area contributed by atoms with Crippen LogP contribution in [-0.2, 0) is 9.59 Å². The number of para-hydroxylation sites is 1. The SMILES string of the molecule is CC(C)N(C(=O)CN1C(=O)N[C@]2(CCCC[C@@H]2C)C1=O)c1ccccc1. The summed E-state index contributed by atoms with van der Waals surface area (Å²) in [6.45, 7) is 5.61. The molecule has 1 aliphatic heterocycles. The Hall–Kier alpha value is -2.37. The first kappa shape index (κ1) is 18.4. The zero-order valence-corrected chi connectivity index (χ0v) is 15.7. The lowest BCUT2D eigenvalue weighted by atomic mass is 9.73. The molecule has 26 heavy (non-hydrogen) atoms. The number of carbonyl (C=O) groups excluding carboxylic acids is 3. The van der Waals surface area contributed by atoms with Gasteiger partial charge in [-0.2, -0.15) is 0 Å². The van der Waals surface area contributed by atoms with E-state index in [1.165, 1.54) is 0 Å². The number of carbonyl (C=O) groups is 3. The Morgan fingerprint density at radius 3 is 2.58 bits per heavy atom. The third-order valence-electron chi connectivity index (χ3n) is 5.61. The third-order valence-corrected chi connectivity index (χ3v) is 5.61. The van der Waals surface area contributed by atoms with Gasteiger partial charge in [0.05, 0.1) is 0 Å². The number of urea groups is 1. The molecule has 1 aromatic rings. The summed E-state index contributed by atoms with van der Waals surface area (Å²) in [6, 6.07) is 8.80. The number of rotatable bonds is 4. The van der Waals surface area contributed by atoms with Gasteiger partial charge in [0, 0.05) is 11.7 Å². The molecule has 2 fully saturated rings. The molecule has 1 aromatic carbocycles. The number of benzene rings is 1. The number of nitrogens with one attached hydrogen (secondary N) is 1. The van der Waals surface area contributed by atoms with Crippen LogP contribution in [-0.4, -0.2) is 40.9 Å². The predicted octanol–water partition coefficient (Wildman–Crippen LogP) is 2.93. The van der Waals surface area contributed by atoms with Crippen LogP contribution >= 0.6 is 0 Å². The zero-order valence-electron chi connectivity index (χ0n) is 15.7. The number of hydrogen-bond acceptors (Lipinski definition) is 3. The third kappa shape index (κ3) is 3.08. The minimum absolute atomic E-state index is 0.0757. The van der Waals surface area contributed by atoms with Gasteiger partial charge in [-0.1, -0.05) is 38.0 Å². The Kier molecular flexibility index (Phi) is 5.03. The van der Waals surface area contributed by atoms with Crippen molar-refractivity contribution < 1.29 is 14.4 Å². The summed E-state index contributed by atoms with van der Waals surface area (Å²) < 4.78 is 0. The van der Waals surface area contributed by atoms with Crippen molar-refractivity contribution in [1.82, 2.24) is 10.2 Å². The lowest BCUT2D eigenvalue weighted by molar-refractivity contribution is -0.136. The molecule has 0 aromatic heterocycles. The van der Waals surface area contributed by atoms with Crippen molar-refractivity contribution in [3.63, 3.8) is 0 Å². The molecule has 140 valence electrons. The van der Waals surface area contributed by atoms with E-state index < -0.39 is 11.6 Å². The van der Waals surface area contributed by atoms with E-state index in [0.29, 0.717) is 6.42 Å². The summed E-state index contributed by atoms with van der Waals surface area (Å²) in [7, 11) is 0. The van der Waals surface area contributed by atoms with Crippen molar-refractivity contribution in [3.8, 4) is 0 Å². The Labute approximate surface area is 154 Å². The van der Waals surface area contributed by atoms with Crippen molar-refractivity contribution in [1.29, 1.82) is 0 Å². The van der Waals surface area contributed by atoms with E-state index in [-0.39, 0.29) is 30.3 Å². The second-order valence-electron chi connectivity index (χ2n) is 7.63. The monoisotopic (exact) mass is 357 g/mol. The first-order valence-corrected chi connectivity index (χ1v) is 9.38. The van der Waals surface area contributed by atoms with Gasteiger partial charge in [-0.25, -0.2) is 4.79 Å². The summed E-state index contributed by atoms with van der Waals surface area (Å²) in [6.07, 6.45) is 3.55. The molecule has 1 saturated carbocycles. The highest BCUT2D eigenvalue weighted by Crippen LogP contribution is 2.38. The normalized spacial score (nSPS) is 25.7. The Morgan fingerprint density at radius 2 is 1.96 bits per heavy atom. The Morgan fingerprint density at radius 1 is 1.27 bits per heavy atom. The molecule has 2 atom stereocenters. The molecule has 4 amide bonds. The highest BCUT2D eigenvalue weighted by Gasteiger charge is 2.55. The van der Waals surface area contributed by atoms with Crippen molar-refractivity contribution in [2.45, 2.75) is 58.0 Å². The lowest BCUT2D eigenvalue weighted by Crippen LogP contribution is -2.54. The van der Waals surface area contributed by atoms with E-state index in [1.807, 2.05) is 51.1 Å². The van der Waals surface area contributed by atoms with Crippen LogP contribution in [0, 0.1) is 5.92 Å². The molecule has 0 unspecified atom stereocenters. The predicted molar refractivity (Wildman–Crippen MR) is 99.7 cm³/mol. The van der Waals surface area contributed by atoms with Gasteiger partial charge in [-0.3, -0.25) is 14.5 Å². The van der Waals surface area contributed by atoms with Crippen LogP contribution in [0.5, 0.6) is 0 Å². The second-order valence-corrected chi connectivity index (χ2v) is 7.63. The highest BCUT2D eigenvalue weighted by atomic mass is 16.2. The first-order valence-electron chi connectivity index (χ1n) is 9.38. The minimum Gasteiger partial charge on any atom is -0.323 e. The van der Waals surface area contributed by atoms with Gasteiger partial charge in [0.1, 0.15) is 12.1 Å². The summed E-state index contributed by atoms with van der Waals surface area (Å²) in [5.74, 6) is -0.418. The number of imide groups is 1. The molecule has 1 aliphatic carbocycles. The van der Waals surface area contributed by atoms with Crippen LogP contribution in [0.2, 0.25) is 0 Å². The fraction of sp³-hybridized carbons (Fsp3) is 0.550. The Balaban J connectivity index is 1.80. The largest absolute Gasteiger partial charge is 0.325 e. The molecular weight excluding hydrogens is 330 g/mol. The van der Waals surface area contributed by atoms with E-state index >= 15 is 0 Å². The molecule has 1 spiro atoms. The number of nitrogens with zero attached hydrogens (tertiary/aromatic N) is 2.